The molecule has 138 valence electrons. The summed E-state index contributed by atoms with van der Waals surface area (Å²) in [5.41, 5.74) is 2.85. The lowest BCUT2D eigenvalue weighted by atomic mass is 10.2. The Morgan fingerprint density at radius 1 is 1.23 bits per heavy atom. The molecule has 0 radical (unpaired) electrons. The number of hydrogen-bond donors (Lipinski definition) is 2. The quantitative estimate of drug-likeness (QED) is 0.163. The van der Waals surface area contributed by atoms with Crippen LogP contribution in [0.2, 0.25) is 0 Å². The molecular formula is C18H22IN5O2. The maximum Gasteiger partial charge on any atom is 0.269 e. The summed E-state index contributed by atoms with van der Waals surface area (Å²) in [5, 5.41) is 17.1. The Hall–Kier alpha value is -2.49. The average Bonchev–Trinajstić information content (AvgIpc) is 2.62. The van der Waals surface area contributed by atoms with Gasteiger partial charge in [0.1, 0.15) is 0 Å². The van der Waals surface area contributed by atoms with Gasteiger partial charge < -0.3 is 10.6 Å². The number of aromatic nitrogens is 1. The van der Waals surface area contributed by atoms with Crippen LogP contribution in [0.3, 0.4) is 0 Å². The lowest BCUT2D eigenvalue weighted by molar-refractivity contribution is -0.384. The maximum absolute atomic E-state index is 10.7. The molecule has 7 nitrogen and oxygen atoms in total. The van der Waals surface area contributed by atoms with Crippen molar-refractivity contribution in [2.45, 2.75) is 20.0 Å². The van der Waals surface area contributed by atoms with Crippen LogP contribution in [-0.4, -0.2) is 22.4 Å². The Morgan fingerprint density at radius 2 is 1.96 bits per heavy atom. The van der Waals surface area contributed by atoms with Gasteiger partial charge in [-0.3, -0.25) is 15.1 Å². The lowest BCUT2D eigenvalue weighted by Gasteiger charge is -2.12. The van der Waals surface area contributed by atoms with Crippen LogP contribution in [0.4, 0.5) is 5.69 Å². The van der Waals surface area contributed by atoms with Gasteiger partial charge in [0.15, 0.2) is 5.96 Å². The number of guanidine groups is 1. The van der Waals surface area contributed by atoms with E-state index in [0.29, 0.717) is 25.6 Å². The summed E-state index contributed by atoms with van der Waals surface area (Å²) in [6.45, 7) is 7.36. The van der Waals surface area contributed by atoms with E-state index in [1.807, 2.05) is 25.1 Å². The van der Waals surface area contributed by atoms with E-state index in [1.165, 1.54) is 12.1 Å². The summed E-state index contributed by atoms with van der Waals surface area (Å²) in [6, 6.07) is 12.1. The first-order valence-corrected chi connectivity index (χ1v) is 7.84. The second-order valence-corrected chi connectivity index (χ2v) is 5.57. The number of rotatable bonds is 7. The molecule has 2 aromatic rings. The normalized spacial score (nSPS) is 10.6. The van der Waals surface area contributed by atoms with Crippen LogP contribution in [0.5, 0.6) is 0 Å². The minimum Gasteiger partial charge on any atom is -0.353 e. The summed E-state index contributed by atoms with van der Waals surface area (Å²) < 4.78 is 0. The van der Waals surface area contributed by atoms with Crippen molar-refractivity contribution in [2.24, 2.45) is 4.99 Å². The fraction of sp³-hybridized carbons (Fsp3) is 0.222. The second kappa shape index (κ2) is 11.2. The highest BCUT2D eigenvalue weighted by Crippen LogP contribution is 2.12. The second-order valence-electron chi connectivity index (χ2n) is 5.57. The van der Waals surface area contributed by atoms with Gasteiger partial charge in [0.05, 0.1) is 23.7 Å². The Morgan fingerprint density at radius 3 is 2.54 bits per heavy atom. The lowest BCUT2D eigenvalue weighted by Crippen LogP contribution is -2.37. The summed E-state index contributed by atoms with van der Waals surface area (Å²) in [4.78, 5) is 19.1. The molecule has 0 bridgehead atoms. The molecule has 0 saturated carbocycles. The molecule has 1 heterocycles. The van der Waals surface area contributed by atoms with E-state index in [1.54, 1.807) is 18.3 Å². The van der Waals surface area contributed by atoms with E-state index in [2.05, 4.69) is 27.2 Å². The summed E-state index contributed by atoms with van der Waals surface area (Å²) in [5.74, 6) is 0.631. The molecule has 2 N–H and O–H groups in total. The van der Waals surface area contributed by atoms with Crippen molar-refractivity contribution in [3.63, 3.8) is 0 Å². The number of halogens is 1. The zero-order chi connectivity index (χ0) is 18.1. The zero-order valence-corrected chi connectivity index (χ0v) is 16.8. The highest BCUT2D eigenvalue weighted by Gasteiger charge is 2.04. The first kappa shape index (κ1) is 21.6. The standard InChI is InChI=1S/C18H21N5O2.HI/c1-14(2)11-20-18(22-13-16-5-3-4-10-19-16)21-12-15-6-8-17(9-7-15)23(24)25;/h3-10H,1,11-13H2,2H3,(H2,20,21,22);1H. The molecule has 0 aliphatic carbocycles. The van der Waals surface area contributed by atoms with E-state index in [4.69, 9.17) is 0 Å². The highest BCUT2D eigenvalue weighted by atomic mass is 127. The number of benzene rings is 1. The average molecular weight is 467 g/mol. The predicted octanol–water partition coefficient (Wildman–Crippen LogP) is 3.42. The molecular weight excluding hydrogens is 445 g/mol. The summed E-state index contributed by atoms with van der Waals surface area (Å²) >= 11 is 0. The maximum atomic E-state index is 10.7. The van der Waals surface area contributed by atoms with Crippen molar-refractivity contribution >= 4 is 35.6 Å². The number of nitrogens with one attached hydrogen (secondary N) is 2. The van der Waals surface area contributed by atoms with Gasteiger partial charge in [-0.2, -0.15) is 0 Å². The summed E-state index contributed by atoms with van der Waals surface area (Å²) in [6.07, 6.45) is 1.74. The van der Waals surface area contributed by atoms with E-state index in [9.17, 15) is 10.1 Å². The topological polar surface area (TPSA) is 92.5 Å². The first-order chi connectivity index (χ1) is 12.0. The number of non-ortho nitro benzene ring substituents is 1. The first-order valence-electron chi connectivity index (χ1n) is 7.84. The van der Waals surface area contributed by atoms with Gasteiger partial charge in [-0.05, 0) is 24.6 Å². The molecule has 1 aromatic heterocycles. The van der Waals surface area contributed by atoms with Gasteiger partial charge in [-0.1, -0.05) is 30.4 Å². The minimum absolute atomic E-state index is 0. The molecule has 0 fully saturated rings. The number of nitrogens with zero attached hydrogens (tertiary/aromatic N) is 3. The van der Waals surface area contributed by atoms with Gasteiger partial charge in [0.2, 0.25) is 0 Å². The fourth-order valence-electron chi connectivity index (χ4n) is 1.98. The molecule has 0 amide bonds. The largest absolute Gasteiger partial charge is 0.353 e. The molecule has 0 saturated heterocycles. The van der Waals surface area contributed by atoms with Crippen LogP contribution < -0.4 is 10.6 Å². The number of aliphatic imine (C=N–C) groups is 1. The number of nitro benzene ring substituents is 1. The molecule has 2 rings (SSSR count). The van der Waals surface area contributed by atoms with Crippen molar-refractivity contribution < 1.29 is 4.92 Å². The Bertz CT molecular complexity index is 748. The van der Waals surface area contributed by atoms with E-state index in [0.717, 1.165) is 16.8 Å². The van der Waals surface area contributed by atoms with Crippen LogP contribution in [-0.2, 0) is 13.1 Å². The van der Waals surface area contributed by atoms with E-state index < -0.39 is 4.92 Å². The van der Waals surface area contributed by atoms with Crippen LogP contribution in [0, 0.1) is 10.1 Å². The van der Waals surface area contributed by atoms with Crippen LogP contribution in [0.1, 0.15) is 18.2 Å². The van der Waals surface area contributed by atoms with Gasteiger partial charge in [-0.15, -0.1) is 24.0 Å². The van der Waals surface area contributed by atoms with Crippen molar-refractivity contribution in [1.82, 2.24) is 15.6 Å². The third-order valence-corrected chi connectivity index (χ3v) is 3.29. The molecule has 1 aromatic carbocycles. The van der Waals surface area contributed by atoms with Crippen LogP contribution in [0.15, 0.2) is 65.8 Å². The number of pyridine rings is 1. The summed E-state index contributed by atoms with van der Waals surface area (Å²) in [7, 11) is 0. The van der Waals surface area contributed by atoms with Crippen molar-refractivity contribution in [3.05, 3.63) is 82.2 Å². The predicted molar refractivity (Wildman–Crippen MR) is 114 cm³/mol. The molecule has 8 heteroatoms. The van der Waals surface area contributed by atoms with Crippen LogP contribution >= 0.6 is 24.0 Å². The SMILES string of the molecule is C=C(C)CNC(=NCc1ccc([N+](=O)[O-])cc1)NCc1ccccn1.I. The monoisotopic (exact) mass is 467 g/mol. The fourth-order valence-corrected chi connectivity index (χ4v) is 1.98. The van der Waals surface area contributed by atoms with Crippen LogP contribution in [0.25, 0.3) is 0 Å². The van der Waals surface area contributed by atoms with Gasteiger partial charge in [0.25, 0.3) is 5.69 Å². The van der Waals surface area contributed by atoms with Gasteiger partial charge >= 0.3 is 0 Å². The molecule has 0 unspecified atom stereocenters. The zero-order valence-electron chi connectivity index (χ0n) is 14.5. The Balaban J connectivity index is 0.00000338. The Labute approximate surface area is 169 Å². The number of hydrogen-bond acceptors (Lipinski definition) is 4. The third-order valence-electron chi connectivity index (χ3n) is 3.29. The third kappa shape index (κ3) is 7.60. The van der Waals surface area contributed by atoms with Crippen molar-refractivity contribution in [3.8, 4) is 0 Å². The molecule has 0 atom stereocenters. The highest BCUT2D eigenvalue weighted by molar-refractivity contribution is 14.0. The molecule has 0 spiro atoms. The number of nitro groups is 1. The molecule has 26 heavy (non-hydrogen) atoms. The van der Waals surface area contributed by atoms with Gasteiger partial charge in [0, 0.05) is 24.9 Å². The van der Waals surface area contributed by atoms with E-state index in [-0.39, 0.29) is 29.7 Å². The van der Waals surface area contributed by atoms with Crippen molar-refractivity contribution in [2.75, 3.05) is 6.54 Å². The minimum atomic E-state index is -0.415. The van der Waals surface area contributed by atoms with E-state index >= 15 is 0 Å². The smallest absolute Gasteiger partial charge is 0.269 e. The molecule has 0 aliphatic heterocycles. The molecule has 0 aliphatic rings. The van der Waals surface area contributed by atoms with Gasteiger partial charge in [-0.25, -0.2) is 4.99 Å². The van der Waals surface area contributed by atoms with Crippen molar-refractivity contribution in [1.29, 1.82) is 0 Å². The Kier molecular flexibility index (Phi) is 9.27.